The van der Waals surface area contributed by atoms with Crippen LogP contribution in [0.2, 0.25) is 5.02 Å². The Morgan fingerprint density at radius 1 is 1.37 bits per heavy atom. The van der Waals surface area contributed by atoms with Crippen LogP contribution in [-0.4, -0.2) is 6.54 Å². The Hall–Kier alpha value is -0.560. The van der Waals surface area contributed by atoms with Crippen LogP contribution in [0.4, 0.5) is 10.1 Å². The summed E-state index contributed by atoms with van der Waals surface area (Å²) in [4.78, 5) is 0. The third-order valence-corrected chi connectivity index (χ3v) is 4.54. The van der Waals surface area contributed by atoms with Crippen molar-refractivity contribution in [3.8, 4) is 0 Å². The molecule has 1 aromatic carbocycles. The fourth-order valence-electron chi connectivity index (χ4n) is 1.58. The highest BCUT2D eigenvalue weighted by Gasteiger charge is 2.17. The zero-order chi connectivity index (χ0) is 14.0. The zero-order valence-electron chi connectivity index (χ0n) is 9.59. The van der Waals surface area contributed by atoms with Crippen molar-refractivity contribution >= 4 is 49.1 Å². The summed E-state index contributed by atoms with van der Waals surface area (Å²) in [5.74, 6) is 0.256. The first-order chi connectivity index (χ1) is 9.01. The standard InChI is InChI=1S/C12H10Br2ClFN2O/c13-7-4-11(19-12(7)14)10(5-17)18-9-3-6(16)1-2-8(9)15/h1-4,10,18H,5,17H2. The largest absolute Gasteiger partial charge is 0.451 e. The second-order valence-electron chi connectivity index (χ2n) is 3.83. The predicted octanol–water partition coefficient (Wildman–Crippen LogP) is 4.71. The van der Waals surface area contributed by atoms with Crippen LogP contribution in [0.15, 0.2) is 37.8 Å². The fraction of sp³-hybridized carbons (Fsp3) is 0.167. The van der Waals surface area contributed by atoms with Crippen LogP contribution in [0.25, 0.3) is 0 Å². The zero-order valence-corrected chi connectivity index (χ0v) is 13.5. The Kier molecular flexibility index (Phi) is 4.89. The summed E-state index contributed by atoms with van der Waals surface area (Å²) in [7, 11) is 0. The second kappa shape index (κ2) is 6.26. The van der Waals surface area contributed by atoms with Crippen LogP contribution in [-0.2, 0) is 0 Å². The molecule has 0 amide bonds. The van der Waals surface area contributed by atoms with Gasteiger partial charge in [-0.3, -0.25) is 0 Å². The Labute approximate surface area is 131 Å². The van der Waals surface area contributed by atoms with Gasteiger partial charge in [0, 0.05) is 6.54 Å². The van der Waals surface area contributed by atoms with E-state index in [0.717, 1.165) is 4.47 Å². The summed E-state index contributed by atoms with van der Waals surface area (Å²) in [6, 6.07) is 5.59. The average molecular weight is 412 g/mol. The highest BCUT2D eigenvalue weighted by molar-refractivity contribution is 9.13. The van der Waals surface area contributed by atoms with Crippen molar-refractivity contribution < 1.29 is 8.81 Å². The van der Waals surface area contributed by atoms with Crippen LogP contribution in [0.1, 0.15) is 11.8 Å². The van der Waals surface area contributed by atoms with Gasteiger partial charge < -0.3 is 15.5 Å². The summed E-state index contributed by atoms with van der Waals surface area (Å²) < 4.78 is 20.1. The summed E-state index contributed by atoms with van der Waals surface area (Å²) in [6.45, 7) is 0.277. The van der Waals surface area contributed by atoms with E-state index in [1.165, 1.54) is 18.2 Å². The van der Waals surface area contributed by atoms with Gasteiger partial charge in [0.05, 0.1) is 21.2 Å². The molecule has 3 nitrogen and oxygen atoms in total. The van der Waals surface area contributed by atoms with Gasteiger partial charge in [-0.1, -0.05) is 11.6 Å². The second-order valence-corrected chi connectivity index (χ2v) is 5.81. The van der Waals surface area contributed by atoms with Gasteiger partial charge in [-0.05, 0) is 56.1 Å². The molecule has 1 atom stereocenters. The highest BCUT2D eigenvalue weighted by atomic mass is 79.9. The minimum absolute atomic E-state index is 0.277. The Balaban J connectivity index is 2.26. The van der Waals surface area contributed by atoms with Crippen molar-refractivity contribution in [3.05, 3.63) is 50.0 Å². The first kappa shape index (κ1) is 14.8. The Morgan fingerprint density at radius 3 is 2.68 bits per heavy atom. The van der Waals surface area contributed by atoms with E-state index >= 15 is 0 Å². The summed E-state index contributed by atoms with van der Waals surface area (Å²) >= 11 is 12.6. The van der Waals surface area contributed by atoms with Crippen LogP contribution < -0.4 is 11.1 Å². The summed E-state index contributed by atoms with van der Waals surface area (Å²) in [6.07, 6.45) is 0. The number of hydrogen-bond donors (Lipinski definition) is 2. The van der Waals surface area contributed by atoms with Crippen molar-refractivity contribution in [2.75, 3.05) is 11.9 Å². The van der Waals surface area contributed by atoms with Crippen LogP contribution in [0.5, 0.6) is 0 Å². The molecule has 1 unspecified atom stereocenters. The molecule has 0 bridgehead atoms. The molecule has 0 aliphatic heterocycles. The monoisotopic (exact) mass is 410 g/mol. The van der Waals surface area contributed by atoms with E-state index in [4.69, 9.17) is 21.8 Å². The SMILES string of the molecule is NCC(Nc1cc(F)ccc1Cl)c1cc(Br)c(Br)o1. The molecule has 102 valence electrons. The van der Waals surface area contributed by atoms with E-state index in [1.807, 2.05) is 0 Å². The van der Waals surface area contributed by atoms with Crippen LogP contribution >= 0.6 is 43.5 Å². The number of anilines is 1. The van der Waals surface area contributed by atoms with Crippen LogP contribution in [0, 0.1) is 5.82 Å². The average Bonchev–Trinajstić information content (AvgIpc) is 2.70. The van der Waals surface area contributed by atoms with Gasteiger partial charge in [0.2, 0.25) is 0 Å². The Bertz CT molecular complexity index is 572. The number of benzene rings is 1. The van der Waals surface area contributed by atoms with Crippen molar-refractivity contribution in [2.45, 2.75) is 6.04 Å². The van der Waals surface area contributed by atoms with Gasteiger partial charge in [-0.15, -0.1) is 0 Å². The molecule has 19 heavy (non-hydrogen) atoms. The maximum atomic E-state index is 13.2. The van der Waals surface area contributed by atoms with E-state index in [-0.39, 0.29) is 18.4 Å². The number of nitrogens with one attached hydrogen (secondary N) is 1. The minimum Gasteiger partial charge on any atom is -0.451 e. The van der Waals surface area contributed by atoms with Gasteiger partial charge in [-0.2, -0.15) is 0 Å². The normalized spacial score (nSPS) is 12.5. The number of hydrogen-bond acceptors (Lipinski definition) is 3. The number of halogens is 4. The molecule has 0 fully saturated rings. The molecule has 0 aliphatic carbocycles. The van der Waals surface area contributed by atoms with E-state index in [2.05, 4.69) is 37.2 Å². The van der Waals surface area contributed by atoms with Crippen molar-refractivity contribution in [3.63, 3.8) is 0 Å². The lowest BCUT2D eigenvalue weighted by atomic mass is 10.2. The molecule has 0 saturated carbocycles. The number of nitrogens with two attached hydrogens (primary N) is 1. The number of rotatable bonds is 4. The molecule has 0 spiro atoms. The topological polar surface area (TPSA) is 51.2 Å². The van der Waals surface area contributed by atoms with Gasteiger partial charge >= 0.3 is 0 Å². The molecule has 3 N–H and O–H groups in total. The van der Waals surface area contributed by atoms with Gasteiger partial charge in [0.1, 0.15) is 11.6 Å². The molecular formula is C12H10Br2ClFN2O. The van der Waals surface area contributed by atoms with Gasteiger partial charge in [0.15, 0.2) is 4.67 Å². The van der Waals surface area contributed by atoms with E-state index in [1.54, 1.807) is 6.07 Å². The molecule has 2 aromatic rings. The molecule has 0 saturated heterocycles. The third kappa shape index (κ3) is 3.51. The molecule has 2 rings (SSSR count). The third-order valence-electron chi connectivity index (χ3n) is 2.50. The molecule has 0 aliphatic rings. The van der Waals surface area contributed by atoms with E-state index in [0.29, 0.717) is 21.1 Å². The first-order valence-electron chi connectivity index (χ1n) is 5.37. The maximum absolute atomic E-state index is 13.2. The summed E-state index contributed by atoms with van der Waals surface area (Å²) in [5.41, 5.74) is 6.18. The molecular weight excluding hydrogens is 402 g/mol. The van der Waals surface area contributed by atoms with Crippen molar-refractivity contribution in [2.24, 2.45) is 5.73 Å². The lowest BCUT2D eigenvalue weighted by Gasteiger charge is -2.16. The Morgan fingerprint density at radius 2 is 2.11 bits per heavy atom. The molecule has 7 heteroatoms. The van der Waals surface area contributed by atoms with E-state index in [9.17, 15) is 4.39 Å². The molecule has 1 aromatic heterocycles. The summed E-state index contributed by atoms with van der Waals surface area (Å²) in [5, 5.41) is 3.48. The van der Waals surface area contributed by atoms with Gasteiger partial charge in [0.25, 0.3) is 0 Å². The highest BCUT2D eigenvalue weighted by Crippen LogP contribution is 2.32. The quantitative estimate of drug-likeness (QED) is 0.765. The molecule has 0 radical (unpaired) electrons. The smallest absolute Gasteiger partial charge is 0.183 e. The predicted molar refractivity (Wildman–Crippen MR) is 80.9 cm³/mol. The van der Waals surface area contributed by atoms with Crippen molar-refractivity contribution in [1.82, 2.24) is 0 Å². The van der Waals surface area contributed by atoms with Gasteiger partial charge in [-0.25, -0.2) is 4.39 Å². The first-order valence-corrected chi connectivity index (χ1v) is 7.34. The number of furan rings is 1. The van der Waals surface area contributed by atoms with Crippen LogP contribution in [0.3, 0.4) is 0 Å². The van der Waals surface area contributed by atoms with E-state index < -0.39 is 0 Å². The minimum atomic E-state index is -0.371. The van der Waals surface area contributed by atoms with Crippen molar-refractivity contribution in [1.29, 1.82) is 0 Å². The lowest BCUT2D eigenvalue weighted by Crippen LogP contribution is -2.20. The fourth-order valence-corrected chi connectivity index (χ4v) is 2.36. The molecule has 1 heterocycles. The maximum Gasteiger partial charge on any atom is 0.183 e. The lowest BCUT2D eigenvalue weighted by molar-refractivity contribution is 0.462.